The van der Waals surface area contributed by atoms with Crippen LogP contribution in [0.2, 0.25) is 0 Å². The second-order valence-corrected chi connectivity index (χ2v) is 3.24. The first kappa shape index (κ1) is 12.1. The third-order valence-corrected chi connectivity index (χ3v) is 1.98. The second-order valence-electron chi connectivity index (χ2n) is 2.88. The number of carbonyl (C=O) groups is 1. The van der Waals surface area contributed by atoms with Gasteiger partial charge in [-0.05, 0) is 6.07 Å². The lowest BCUT2D eigenvalue weighted by Gasteiger charge is -1.99. The molecular weight excluding hydrogens is 234 g/mol. The maximum atomic E-state index is 10.7. The van der Waals surface area contributed by atoms with Gasteiger partial charge in [-0.1, -0.05) is 17.7 Å². The van der Waals surface area contributed by atoms with Crippen molar-refractivity contribution >= 4 is 33.9 Å². The highest BCUT2D eigenvalue weighted by atomic mass is 35.5. The number of anilines is 1. The topological polar surface area (TPSA) is 84.6 Å². The van der Waals surface area contributed by atoms with Gasteiger partial charge in [-0.15, -0.1) is 0 Å². The molecule has 0 bridgehead atoms. The highest BCUT2D eigenvalue weighted by Gasteiger charge is 2.05. The fraction of sp³-hybridized carbons (Fsp3) is 0.111. The van der Waals surface area contributed by atoms with Crippen molar-refractivity contribution < 1.29 is 9.72 Å². The molecule has 0 unspecified atom stereocenters. The zero-order chi connectivity index (χ0) is 12.1. The summed E-state index contributed by atoms with van der Waals surface area (Å²) in [6.45, 7) is 1.26. The van der Waals surface area contributed by atoms with Crippen molar-refractivity contribution in [1.29, 1.82) is 0 Å². The van der Waals surface area contributed by atoms with Crippen molar-refractivity contribution in [1.82, 2.24) is 0 Å². The van der Waals surface area contributed by atoms with Crippen LogP contribution in [0.4, 0.5) is 11.4 Å². The Morgan fingerprint density at radius 3 is 2.81 bits per heavy atom. The summed E-state index contributed by atoms with van der Waals surface area (Å²) in [5.74, 6) is -0.389. The Labute approximate surface area is 96.1 Å². The summed E-state index contributed by atoms with van der Waals surface area (Å²) < 4.78 is 0. The maximum absolute atomic E-state index is 10.7. The summed E-state index contributed by atoms with van der Waals surface area (Å²) in [6.07, 6.45) is 0. The van der Waals surface area contributed by atoms with Gasteiger partial charge in [-0.25, -0.2) is 0 Å². The van der Waals surface area contributed by atoms with Gasteiger partial charge in [0.2, 0.25) is 0 Å². The number of Topliss-reactive ketones (excluding diaryl/α,β-unsaturated/α-hetero) is 1. The number of nitrogens with one attached hydrogen (secondary N) is 1. The van der Waals surface area contributed by atoms with Gasteiger partial charge in [0.25, 0.3) is 5.69 Å². The molecule has 0 aliphatic heterocycles. The minimum Gasteiger partial charge on any atom is -0.292 e. The summed E-state index contributed by atoms with van der Waals surface area (Å²) in [5, 5.41) is 13.8. The first-order valence-corrected chi connectivity index (χ1v) is 4.63. The summed E-state index contributed by atoms with van der Waals surface area (Å²) in [4.78, 5) is 20.7. The molecule has 1 N–H and O–H groups in total. The molecule has 0 aliphatic rings. The van der Waals surface area contributed by atoms with E-state index in [4.69, 9.17) is 11.6 Å². The number of halogens is 1. The van der Waals surface area contributed by atoms with Crippen LogP contribution in [0, 0.1) is 10.1 Å². The minimum absolute atomic E-state index is 0.0702. The van der Waals surface area contributed by atoms with Crippen molar-refractivity contribution in [3.63, 3.8) is 0 Å². The van der Waals surface area contributed by atoms with Crippen LogP contribution >= 0.6 is 11.6 Å². The van der Waals surface area contributed by atoms with E-state index in [1.54, 1.807) is 6.07 Å². The summed E-state index contributed by atoms with van der Waals surface area (Å²) in [5.41, 5.74) is 2.76. The number of benzene rings is 1. The number of hydrazone groups is 1. The normalized spacial score (nSPS) is 11.0. The lowest BCUT2D eigenvalue weighted by atomic mass is 10.3. The number of hydrogen-bond donors (Lipinski definition) is 1. The van der Waals surface area contributed by atoms with Gasteiger partial charge in [-0.2, -0.15) is 5.10 Å². The van der Waals surface area contributed by atoms with Gasteiger partial charge in [0.1, 0.15) is 0 Å². The zero-order valence-electron chi connectivity index (χ0n) is 8.31. The highest BCUT2D eigenvalue weighted by Crippen LogP contribution is 2.16. The second kappa shape index (κ2) is 5.22. The Morgan fingerprint density at radius 1 is 1.56 bits per heavy atom. The highest BCUT2D eigenvalue weighted by molar-refractivity contribution is 6.82. The van der Waals surface area contributed by atoms with Crippen LogP contribution in [0.1, 0.15) is 6.92 Å². The van der Waals surface area contributed by atoms with Gasteiger partial charge in [0, 0.05) is 19.1 Å². The first-order valence-electron chi connectivity index (χ1n) is 4.25. The van der Waals surface area contributed by atoms with Gasteiger partial charge in [-0.3, -0.25) is 20.3 Å². The molecule has 0 atom stereocenters. The third kappa shape index (κ3) is 3.32. The number of nitro groups is 1. The van der Waals surface area contributed by atoms with E-state index in [1.165, 1.54) is 25.1 Å². The molecule has 16 heavy (non-hydrogen) atoms. The summed E-state index contributed by atoms with van der Waals surface area (Å²) >= 11 is 5.47. The van der Waals surface area contributed by atoms with Crippen LogP contribution in [0.25, 0.3) is 0 Å². The molecule has 0 spiro atoms. The summed E-state index contributed by atoms with van der Waals surface area (Å²) in [6, 6.07) is 5.70. The quantitative estimate of drug-likeness (QED) is 0.497. The van der Waals surface area contributed by atoms with E-state index >= 15 is 0 Å². The minimum atomic E-state index is -0.526. The number of rotatable bonds is 4. The van der Waals surface area contributed by atoms with Crippen molar-refractivity contribution in [3.05, 3.63) is 34.4 Å². The van der Waals surface area contributed by atoms with E-state index in [1.807, 2.05) is 0 Å². The van der Waals surface area contributed by atoms with Gasteiger partial charge in [0.05, 0.1) is 10.6 Å². The number of hydrogen-bond acceptors (Lipinski definition) is 5. The standard InChI is InChI=1S/C9H8ClN3O3/c1-6(14)9(10)12-11-7-3-2-4-8(5-7)13(15)16/h2-5,11H,1H3/b12-9-. The Morgan fingerprint density at radius 2 is 2.25 bits per heavy atom. The summed E-state index contributed by atoms with van der Waals surface area (Å²) in [7, 11) is 0. The number of nitrogens with zero attached hydrogens (tertiary/aromatic N) is 2. The molecule has 6 nitrogen and oxygen atoms in total. The van der Waals surface area contributed by atoms with E-state index in [-0.39, 0.29) is 16.6 Å². The third-order valence-electron chi connectivity index (χ3n) is 1.63. The molecule has 0 heterocycles. The Kier molecular flexibility index (Phi) is 3.96. The molecule has 0 amide bonds. The lowest BCUT2D eigenvalue weighted by Crippen LogP contribution is -2.04. The van der Waals surface area contributed by atoms with Crippen LogP contribution in [0.5, 0.6) is 0 Å². The van der Waals surface area contributed by atoms with Crippen molar-refractivity contribution in [2.75, 3.05) is 5.43 Å². The fourth-order valence-corrected chi connectivity index (χ4v) is 0.924. The van der Waals surface area contributed by atoms with Crippen LogP contribution < -0.4 is 5.43 Å². The fourth-order valence-electron chi connectivity index (χ4n) is 0.881. The van der Waals surface area contributed by atoms with Gasteiger partial charge in [0.15, 0.2) is 11.0 Å². The number of ketones is 1. The lowest BCUT2D eigenvalue weighted by molar-refractivity contribution is -0.384. The number of nitro benzene ring substituents is 1. The van der Waals surface area contributed by atoms with Crippen LogP contribution in [-0.2, 0) is 4.79 Å². The van der Waals surface area contributed by atoms with Crippen molar-refractivity contribution in [3.8, 4) is 0 Å². The molecule has 7 heteroatoms. The molecule has 0 radical (unpaired) electrons. The Bertz CT molecular complexity index is 459. The molecule has 0 saturated carbocycles. The molecule has 1 aromatic carbocycles. The van der Waals surface area contributed by atoms with Crippen LogP contribution in [0.3, 0.4) is 0 Å². The smallest absolute Gasteiger partial charge is 0.271 e. The zero-order valence-corrected chi connectivity index (χ0v) is 9.06. The van der Waals surface area contributed by atoms with Crippen molar-refractivity contribution in [2.24, 2.45) is 5.10 Å². The Balaban J connectivity index is 2.82. The van der Waals surface area contributed by atoms with Gasteiger partial charge < -0.3 is 0 Å². The molecule has 84 valence electrons. The molecular formula is C9H8ClN3O3. The molecule has 0 saturated heterocycles. The van der Waals surface area contributed by atoms with Crippen molar-refractivity contribution in [2.45, 2.75) is 6.92 Å². The molecule has 1 aromatic rings. The number of non-ortho nitro benzene ring substituents is 1. The average molecular weight is 242 g/mol. The average Bonchev–Trinajstić information content (AvgIpc) is 2.26. The van der Waals surface area contributed by atoms with Gasteiger partial charge >= 0.3 is 0 Å². The van der Waals surface area contributed by atoms with E-state index in [9.17, 15) is 14.9 Å². The monoisotopic (exact) mass is 241 g/mol. The predicted molar refractivity (Wildman–Crippen MR) is 60.7 cm³/mol. The predicted octanol–water partition coefficient (Wildman–Crippen LogP) is 2.15. The largest absolute Gasteiger partial charge is 0.292 e. The SMILES string of the molecule is CC(=O)/C(Cl)=N/Nc1cccc([N+](=O)[O-])c1. The van der Waals surface area contributed by atoms with E-state index in [0.29, 0.717) is 5.69 Å². The first-order chi connectivity index (χ1) is 7.50. The van der Waals surface area contributed by atoms with E-state index < -0.39 is 4.92 Å². The van der Waals surface area contributed by atoms with E-state index in [0.717, 1.165) is 0 Å². The maximum Gasteiger partial charge on any atom is 0.271 e. The van der Waals surface area contributed by atoms with E-state index in [2.05, 4.69) is 10.5 Å². The molecule has 0 aromatic heterocycles. The molecule has 1 rings (SSSR count). The number of carbonyl (C=O) groups excluding carboxylic acids is 1. The Hall–Kier alpha value is -1.95. The molecule has 0 fully saturated rings. The van der Waals surface area contributed by atoms with Crippen LogP contribution in [-0.4, -0.2) is 15.9 Å². The molecule has 0 aliphatic carbocycles. The van der Waals surface area contributed by atoms with Crippen LogP contribution in [0.15, 0.2) is 29.4 Å².